The van der Waals surface area contributed by atoms with Crippen molar-refractivity contribution in [3.8, 4) is 16.2 Å². The normalized spacial score (nSPS) is 10.3. The van der Waals surface area contributed by atoms with Gasteiger partial charge in [0.1, 0.15) is 12.4 Å². The number of hydrogen-bond acceptors (Lipinski definition) is 4. The van der Waals surface area contributed by atoms with Gasteiger partial charge in [-0.3, -0.25) is 0 Å². The number of hydrogen-bond donors (Lipinski definition) is 0. The first-order valence-electron chi connectivity index (χ1n) is 7.22. The Morgan fingerprint density at radius 2 is 1.65 bits per heavy atom. The average Bonchev–Trinajstić information content (AvgIpc) is 3.05. The van der Waals surface area contributed by atoms with E-state index in [0.29, 0.717) is 17.2 Å². The van der Waals surface area contributed by atoms with E-state index < -0.39 is 0 Å². The Kier molecular flexibility index (Phi) is 4.74. The molecule has 0 spiro atoms. The van der Waals surface area contributed by atoms with Crippen molar-refractivity contribution in [1.82, 2.24) is 0 Å². The molecule has 0 bridgehead atoms. The van der Waals surface area contributed by atoms with Crippen LogP contribution in [0.3, 0.4) is 0 Å². The van der Waals surface area contributed by atoms with Gasteiger partial charge in [-0.1, -0.05) is 60.7 Å². The highest BCUT2D eigenvalue weighted by molar-refractivity contribution is 7.17. The van der Waals surface area contributed by atoms with Gasteiger partial charge in [0.2, 0.25) is 0 Å². The van der Waals surface area contributed by atoms with Crippen LogP contribution in [0, 0.1) is 0 Å². The first-order chi connectivity index (χ1) is 11.3. The largest absolute Gasteiger partial charge is 0.487 e. The first kappa shape index (κ1) is 15.3. The van der Waals surface area contributed by atoms with Crippen LogP contribution in [-0.4, -0.2) is 13.1 Å². The third-order valence-electron chi connectivity index (χ3n) is 3.36. The van der Waals surface area contributed by atoms with Crippen LogP contribution in [0.4, 0.5) is 0 Å². The molecule has 0 unspecified atom stereocenters. The lowest BCUT2D eigenvalue weighted by molar-refractivity contribution is 0.0601. The van der Waals surface area contributed by atoms with Crippen molar-refractivity contribution < 1.29 is 14.3 Å². The summed E-state index contributed by atoms with van der Waals surface area (Å²) in [5, 5.41) is 0. The average molecular weight is 324 g/mol. The van der Waals surface area contributed by atoms with E-state index in [1.807, 2.05) is 66.7 Å². The summed E-state index contributed by atoms with van der Waals surface area (Å²) in [6.45, 7) is 0.412. The zero-order valence-corrected chi connectivity index (χ0v) is 13.5. The number of carbonyl (C=O) groups is 1. The van der Waals surface area contributed by atoms with Crippen molar-refractivity contribution in [1.29, 1.82) is 0 Å². The van der Waals surface area contributed by atoms with Crippen LogP contribution in [0.1, 0.15) is 15.2 Å². The second-order valence-corrected chi connectivity index (χ2v) is 5.99. The number of ether oxygens (including phenoxy) is 2. The van der Waals surface area contributed by atoms with Crippen LogP contribution in [0.2, 0.25) is 0 Å². The number of rotatable bonds is 5. The van der Waals surface area contributed by atoms with E-state index in [0.717, 1.165) is 16.0 Å². The SMILES string of the molecule is COC(=O)c1sc(-c2ccccc2)cc1OCc1ccccc1. The summed E-state index contributed by atoms with van der Waals surface area (Å²) in [5.41, 5.74) is 2.10. The molecule has 0 N–H and O–H groups in total. The van der Waals surface area contributed by atoms with E-state index >= 15 is 0 Å². The molecule has 0 aliphatic heterocycles. The quantitative estimate of drug-likeness (QED) is 0.634. The van der Waals surface area contributed by atoms with Gasteiger partial charge in [0.15, 0.2) is 4.88 Å². The molecule has 0 radical (unpaired) electrons. The Bertz CT molecular complexity index is 779. The fourth-order valence-electron chi connectivity index (χ4n) is 2.20. The molecule has 3 rings (SSSR count). The molecule has 0 amide bonds. The zero-order valence-electron chi connectivity index (χ0n) is 12.7. The summed E-state index contributed by atoms with van der Waals surface area (Å²) in [4.78, 5) is 13.5. The maximum absolute atomic E-state index is 12.0. The zero-order chi connectivity index (χ0) is 16.1. The second-order valence-electron chi connectivity index (χ2n) is 4.94. The summed E-state index contributed by atoms with van der Waals surface area (Å²) in [7, 11) is 1.38. The van der Waals surface area contributed by atoms with E-state index in [-0.39, 0.29) is 5.97 Å². The Balaban J connectivity index is 1.88. The van der Waals surface area contributed by atoms with E-state index in [1.54, 1.807) is 0 Å². The van der Waals surface area contributed by atoms with Crippen molar-refractivity contribution in [2.24, 2.45) is 0 Å². The third kappa shape index (κ3) is 3.60. The lowest BCUT2D eigenvalue weighted by Gasteiger charge is -2.06. The predicted octanol–water partition coefficient (Wildman–Crippen LogP) is 4.78. The monoisotopic (exact) mass is 324 g/mol. The van der Waals surface area contributed by atoms with Crippen LogP contribution in [-0.2, 0) is 11.3 Å². The van der Waals surface area contributed by atoms with Crippen LogP contribution in [0.25, 0.3) is 10.4 Å². The highest BCUT2D eigenvalue weighted by Crippen LogP contribution is 2.37. The number of carbonyl (C=O) groups excluding carboxylic acids is 1. The third-order valence-corrected chi connectivity index (χ3v) is 4.51. The van der Waals surface area contributed by atoms with Crippen LogP contribution < -0.4 is 4.74 Å². The lowest BCUT2D eigenvalue weighted by atomic mass is 10.2. The number of esters is 1. The van der Waals surface area contributed by atoms with Gasteiger partial charge in [-0.25, -0.2) is 4.79 Å². The molecular weight excluding hydrogens is 308 g/mol. The van der Waals surface area contributed by atoms with Crippen molar-refractivity contribution in [3.05, 3.63) is 77.2 Å². The summed E-state index contributed by atoms with van der Waals surface area (Å²) in [5.74, 6) is 0.185. The molecule has 0 aliphatic rings. The maximum Gasteiger partial charge on any atom is 0.351 e. The fourth-order valence-corrected chi connectivity index (χ4v) is 3.22. The molecule has 4 heteroatoms. The summed E-state index contributed by atoms with van der Waals surface area (Å²) in [6.07, 6.45) is 0. The van der Waals surface area contributed by atoms with Gasteiger partial charge in [0.05, 0.1) is 7.11 Å². The van der Waals surface area contributed by atoms with Gasteiger partial charge >= 0.3 is 5.97 Å². The molecule has 0 fully saturated rings. The van der Waals surface area contributed by atoms with Crippen LogP contribution in [0.15, 0.2) is 66.7 Å². The van der Waals surface area contributed by atoms with Gasteiger partial charge < -0.3 is 9.47 Å². The molecule has 3 aromatic rings. The molecular formula is C19H16O3S. The smallest absolute Gasteiger partial charge is 0.351 e. The van der Waals surface area contributed by atoms with E-state index in [2.05, 4.69) is 0 Å². The number of thiophene rings is 1. The molecule has 23 heavy (non-hydrogen) atoms. The molecule has 1 heterocycles. The van der Waals surface area contributed by atoms with Crippen molar-refractivity contribution in [2.45, 2.75) is 6.61 Å². The Labute approximate surface area is 139 Å². The van der Waals surface area contributed by atoms with Gasteiger partial charge in [-0.15, -0.1) is 11.3 Å². The van der Waals surface area contributed by atoms with Gasteiger partial charge in [-0.2, -0.15) is 0 Å². The standard InChI is InChI=1S/C19H16O3S/c1-21-19(20)18-16(22-13-14-8-4-2-5-9-14)12-17(23-18)15-10-6-3-7-11-15/h2-12H,13H2,1H3. The number of methoxy groups -OCH3 is 1. The van der Waals surface area contributed by atoms with Crippen molar-refractivity contribution in [2.75, 3.05) is 7.11 Å². The minimum absolute atomic E-state index is 0.375. The molecule has 2 aromatic carbocycles. The van der Waals surface area contributed by atoms with Crippen LogP contribution >= 0.6 is 11.3 Å². The minimum Gasteiger partial charge on any atom is -0.487 e. The molecule has 0 saturated carbocycles. The van der Waals surface area contributed by atoms with Gasteiger partial charge in [-0.05, 0) is 17.2 Å². The Morgan fingerprint density at radius 1 is 1.00 bits per heavy atom. The Hall–Kier alpha value is -2.59. The first-order valence-corrected chi connectivity index (χ1v) is 8.04. The highest BCUT2D eigenvalue weighted by Gasteiger charge is 2.19. The van der Waals surface area contributed by atoms with E-state index in [4.69, 9.17) is 9.47 Å². The van der Waals surface area contributed by atoms with Crippen LogP contribution in [0.5, 0.6) is 5.75 Å². The highest BCUT2D eigenvalue weighted by atomic mass is 32.1. The maximum atomic E-state index is 12.0. The number of benzene rings is 2. The second kappa shape index (κ2) is 7.11. The minimum atomic E-state index is -0.375. The fraction of sp³-hybridized carbons (Fsp3) is 0.105. The van der Waals surface area contributed by atoms with Crippen molar-refractivity contribution >= 4 is 17.3 Å². The molecule has 0 atom stereocenters. The summed E-state index contributed by atoms with van der Waals surface area (Å²) in [6, 6.07) is 21.7. The molecule has 1 aromatic heterocycles. The molecule has 0 saturated heterocycles. The summed E-state index contributed by atoms with van der Waals surface area (Å²) < 4.78 is 10.7. The van der Waals surface area contributed by atoms with Crippen molar-refractivity contribution in [3.63, 3.8) is 0 Å². The van der Waals surface area contributed by atoms with Gasteiger partial charge in [0.25, 0.3) is 0 Å². The molecule has 3 nitrogen and oxygen atoms in total. The summed E-state index contributed by atoms with van der Waals surface area (Å²) >= 11 is 1.38. The predicted molar refractivity (Wildman–Crippen MR) is 91.9 cm³/mol. The Morgan fingerprint density at radius 3 is 2.30 bits per heavy atom. The topological polar surface area (TPSA) is 35.5 Å². The lowest BCUT2D eigenvalue weighted by Crippen LogP contribution is -2.02. The van der Waals surface area contributed by atoms with E-state index in [1.165, 1.54) is 18.4 Å². The van der Waals surface area contributed by atoms with E-state index in [9.17, 15) is 4.79 Å². The molecule has 0 aliphatic carbocycles. The molecule has 116 valence electrons. The van der Waals surface area contributed by atoms with Gasteiger partial charge in [0, 0.05) is 4.88 Å².